The molecule has 4 rings (SSSR count). The molecule has 1 N–H and O–H groups in total. The molecular formula is C20H22N6O. The van der Waals surface area contributed by atoms with Crippen molar-refractivity contribution >= 4 is 5.91 Å². The van der Waals surface area contributed by atoms with Gasteiger partial charge in [0.1, 0.15) is 5.69 Å². The first-order chi connectivity index (χ1) is 13.2. The Bertz CT molecular complexity index is 915. The quantitative estimate of drug-likeness (QED) is 0.771. The van der Waals surface area contributed by atoms with Crippen LogP contribution in [-0.4, -0.2) is 37.1 Å². The van der Waals surface area contributed by atoms with Crippen LogP contribution in [0.15, 0.2) is 48.5 Å². The average Bonchev–Trinajstić information content (AvgIpc) is 3.19. The van der Waals surface area contributed by atoms with Gasteiger partial charge in [0.05, 0.1) is 6.04 Å². The van der Waals surface area contributed by atoms with E-state index < -0.39 is 0 Å². The van der Waals surface area contributed by atoms with Gasteiger partial charge in [0, 0.05) is 17.3 Å². The maximum absolute atomic E-state index is 12.4. The molecule has 1 amide bonds. The fraction of sp³-hybridized carbons (Fsp3) is 0.350. The summed E-state index contributed by atoms with van der Waals surface area (Å²) < 4.78 is 0. The Labute approximate surface area is 157 Å². The van der Waals surface area contributed by atoms with Crippen molar-refractivity contribution in [3.8, 4) is 11.4 Å². The lowest BCUT2D eigenvalue weighted by atomic mass is 9.91. The van der Waals surface area contributed by atoms with Crippen LogP contribution in [0.5, 0.6) is 0 Å². The molecule has 2 heterocycles. The summed E-state index contributed by atoms with van der Waals surface area (Å²) in [5, 5.41) is 16.1. The minimum atomic E-state index is -0.104. The fourth-order valence-electron chi connectivity index (χ4n) is 3.46. The van der Waals surface area contributed by atoms with Gasteiger partial charge in [-0.3, -0.25) is 4.79 Å². The van der Waals surface area contributed by atoms with Crippen molar-refractivity contribution in [3.63, 3.8) is 0 Å². The monoisotopic (exact) mass is 362 g/mol. The molecule has 1 saturated carbocycles. The van der Waals surface area contributed by atoms with Crippen LogP contribution in [0.25, 0.3) is 11.4 Å². The Morgan fingerprint density at radius 2 is 1.81 bits per heavy atom. The third-order valence-electron chi connectivity index (χ3n) is 4.94. The summed E-state index contributed by atoms with van der Waals surface area (Å²) >= 11 is 0. The SMILES string of the molecule is Cc1cccc(C(=O)NC2CCC(n3nnc(-c4ccccc4)n3)CC2)n1. The molecule has 0 aliphatic heterocycles. The molecule has 0 atom stereocenters. The molecule has 1 fully saturated rings. The lowest BCUT2D eigenvalue weighted by molar-refractivity contribution is 0.0915. The number of hydrogen-bond acceptors (Lipinski definition) is 5. The first kappa shape index (κ1) is 17.3. The van der Waals surface area contributed by atoms with E-state index in [1.807, 2.05) is 49.4 Å². The molecule has 1 aliphatic rings. The number of rotatable bonds is 4. The third-order valence-corrected chi connectivity index (χ3v) is 4.94. The first-order valence-electron chi connectivity index (χ1n) is 9.28. The number of carbonyl (C=O) groups excluding carboxylic acids is 1. The van der Waals surface area contributed by atoms with Crippen LogP contribution in [0.2, 0.25) is 0 Å². The molecule has 7 heteroatoms. The smallest absolute Gasteiger partial charge is 0.270 e. The van der Waals surface area contributed by atoms with Gasteiger partial charge in [-0.2, -0.15) is 4.80 Å². The second kappa shape index (κ2) is 7.65. The number of amides is 1. The lowest BCUT2D eigenvalue weighted by Crippen LogP contribution is -2.38. The number of tetrazole rings is 1. The Hall–Kier alpha value is -3.09. The summed E-state index contributed by atoms with van der Waals surface area (Å²) in [5.41, 5.74) is 2.29. The van der Waals surface area contributed by atoms with E-state index in [0.29, 0.717) is 11.5 Å². The third kappa shape index (κ3) is 4.02. The van der Waals surface area contributed by atoms with Gasteiger partial charge in [0.25, 0.3) is 5.91 Å². The van der Waals surface area contributed by atoms with Crippen molar-refractivity contribution in [3.05, 3.63) is 59.9 Å². The highest BCUT2D eigenvalue weighted by Crippen LogP contribution is 2.28. The van der Waals surface area contributed by atoms with Crippen LogP contribution in [-0.2, 0) is 0 Å². The van der Waals surface area contributed by atoms with Crippen molar-refractivity contribution in [1.82, 2.24) is 30.5 Å². The van der Waals surface area contributed by atoms with Gasteiger partial charge in [-0.25, -0.2) is 4.98 Å². The van der Waals surface area contributed by atoms with E-state index in [4.69, 9.17) is 0 Å². The number of nitrogens with one attached hydrogen (secondary N) is 1. The molecule has 0 spiro atoms. The van der Waals surface area contributed by atoms with E-state index >= 15 is 0 Å². The molecule has 2 aromatic heterocycles. The Morgan fingerprint density at radius 3 is 2.56 bits per heavy atom. The summed E-state index contributed by atoms with van der Waals surface area (Å²) in [6.45, 7) is 1.89. The standard InChI is InChI=1S/C20H22N6O/c1-14-6-5-9-18(21-14)20(27)22-16-10-12-17(13-11-16)26-24-19(23-25-26)15-7-3-2-4-8-15/h2-9,16-17H,10-13H2,1H3,(H,22,27). The van der Waals surface area contributed by atoms with Crippen LogP contribution in [0.4, 0.5) is 0 Å². The van der Waals surface area contributed by atoms with E-state index in [9.17, 15) is 4.79 Å². The number of nitrogens with zero attached hydrogens (tertiary/aromatic N) is 5. The number of aryl methyl sites for hydroxylation is 1. The topological polar surface area (TPSA) is 85.6 Å². The summed E-state index contributed by atoms with van der Waals surface area (Å²) in [4.78, 5) is 18.4. The molecule has 1 aromatic carbocycles. The largest absolute Gasteiger partial charge is 0.348 e. The summed E-state index contributed by atoms with van der Waals surface area (Å²) in [5.74, 6) is 0.545. The Morgan fingerprint density at radius 1 is 1.04 bits per heavy atom. The average molecular weight is 362 g/mol. The normalized spacial score (nSPS) is 19.6. The van der Waals surface area contributed by atoms with E-state index in [2.05, 4.69) is 25.7 Å². The van der Waals surface area contributed by atoms with Crippen LogP contribution < -0.4 is 5.32 Å². The second-order valence-corrected chi connectivity index (χ2v) is 6.94. The Kier molecular flexibility index (Phi) is 4.91. The van der Waals surface area contributed by atoms with Crippen LogP contribution >= 0.6 is 0 Å². The lowest BCUT2D eigenvalue weighted by Gasteiger charge is -2.28. The second-order valence-electron chi connectivity index (χ2n) is 6.94. The van der Waals surface area contributed by atoms with Gasteiger partial charge in [-0.15, -0.1) is 10.2 Å². The van der Waals surface area contributed by atoms with E-state index in [0.717, 1.165) is 36.9 Å². The highest BCUT2D eigenvalue weighted by atomic mass is 16.1. The van der Waals surface area contributed by atoms with Crippen molar-refractivity contribution in [1.29, 1.82) is 0 Å². The van der Waals surface area contributed by atoms with Crippen molar-refractivity contribution < 1.29 is 4.79 Å². The van der Waals surface area contributed by atoms with Crippen LogP contribution in [0, 0.1) is 6.92 Å². The summed E-state index contributed by atoms with van der Waals surface area (Å²) in [6.07, 6.45) is 3.61. The van der Waals surface area contributed by atoms with E-state index in [-0.39, 0.29) is 18.0 Å². The molecule has 0 unspecified atom stereocenters. The molecule has 138 valence electrons. The van der Waals surface area contributed by atoms with E-state index in [1.54, 1.807) is 10.9 Å². The highest BCUT2D eigenvalue weighted by molar-refractivity contribution is 5.92. The number of benzene rings is 1. The van der Waals surface area contributed by atoms with Gasteiger partial charge in [-0.1, -0.05) is 36.4 Å². The van der Waals surface area contributed by atoms with Gasteiger partial charge in [0.15, 0.2) is 0 Å². The van der Waals surface area contributed by atoms with Gasteiger partial charge < -0.3 is 5.32 Å². The highest BCUT2D eigenvalue weighted by Gasteiger charge is 2.26. The van der Waals surface area contributed by atoms with E-state index in [1.165, 1.54) is 0 Å². The Balaban J connectivity index is 1.34. The zero-order valence-electron chi connectivity index (χ0n) is 15.2. The van der Waals surface area contributed by atoms with Crippen molar-refractivity contribution in [2.75, 3.05) is 0 Å². The van der Waals surface area contributed by atoms with Crippen LogP contribution in [0.3, 0.4) is 0 Å². The molecular weight excluding hydrogens is 340 g/mol. The van der Waals surface area contributed by atoms with Gasteiger partial charge in [-0.05, 0) is 50.0 Å². The predicted molar refractivity (Wildman–Crippen MR) is 101 cm³/mol. The maximum atomic E-state index is 12.4. The molecule has 0 bridgehead atoms. The number of aromatic nitrogens is 5. The molecule has 27 heavy (non-hydrogen) atoms. The summed E-state index contributed by atoms with van der Waals surface area (Å²) in [6, 6.07) is 15.7. The van der Waals surface area contributed by atoms with Gasteiger partial charge >= 0.3 is 0 Å². The summed E-state index contributed by atoms with van der Waals surface area (Å²) in [7, 11) is 0. The van der Waals surface area contributed by atoms with Gasteiger partial charge in [0.2, 0.25) is 5.82 Å². The van der Waals surface area contributed by atoms with Crippen LogP contribution in [0.1, 0.15) is 47.9 Å². The minimum Gasteiger partial charge on any atom is -0.348 e. The fourth-order valence-corrected chi connectivity index (χ4v) is 3.46. The number of hydrogen-bond donors (Lipinski definition) is 1. The van der Waals surface area contributed by atoms with Crippen molar-refractivity contribution in [2.45, 2.75) is 44.7 Å². The number of pyridine rings is 1. The molecule has 0 radical (unpaired) electrons. The zero-order chi connectivity index (χ0) is 18.6. The first-order valence-corrected chi connectivity index (χ1v) is 9.28. The van der Waals surface area contributed by atoms with Crippen molar-refractivity contribution in [2.24, 2.45) is 0 Å². The minimum absolute atomic E-state index is 0.104. The molecule has 7 nitrogen and oxygen atoms in total. The molecule has 0 saturated heterocycles. The predicted octanol–water partition coefficient (Wildman–Crippen LogP) is 2.96. The molecule has 1 aliphatic carbocycles. The molecule has 3 aromatic rings. The number of carbonyl (C=O) groups is 1. The zero-order valence-corrected chi connectivity index (χ0v) is 15.2. The maximum Gasteiger partial charge on any atom is 0.270 e.